The first-order chi connectivity index (χ1) is 2.89. The normalized spacial score (nSPS) is 21.2. The van der Waals surface area contributed by atoms with E-state index in [0.29, 0.717) is 18.0 Å². The van der Waals surface area contributed by atoms with Crippen LogP contribution in [0.1, 0.15) is 0 Å². The summed E-state index contributed by atoms with van der Waals surface area (Å²) in [6, 6.07) is 0. The molecule has 34 valence electrons. The van der Waals surface area contributed by atoms with E-state index >= 15 is 0 Å². The highest BCUT2D eigenvalue weighted by molar-refractivity contribution is 5.54. The Morgan fingerprint density at radius 3 is 2.83 bits per heavy atom. The van der Waals surface area contributed by atoms with Crippen LogP contribution < -0.4 is 5.32 Å². The zero-order chi connectivity index (χ0) is 4.41. The third-order valence-corrected chi connectivity index (χ3v) is 0.697. The van der Waals surface area contributed by atoms with E-state index in [1.54, 1.807) is 0 Å². The Morgan fingerprint density at radius 2 is 2.67 bits per heavy atom. The molecule has 0 aliphatic carbocycles. The maximum atomic E-state index is 11.6. The lowest BCUT2D eigenvalue weighted by molar-refractivity contribution is -0.701. The molecule has 1 aliphatic heterocycles. The highest BCUT2D eigenvalue weighted by Gasteiger charge is 2.06. The maximum absolute atomic E-state index is 11.6. The molecule has 3 heteroatoms. The van der Waals surface area contributed by atoms with Crippen molar-refractivity contribution in [2.24, 2.45) is 0 Å². The Balaban J connectivity index is 2.45. The molecule has 1 rings (SSSR count). The van der Waals surface area contributed by atoms with Crippen LogP contribution in [0.5, 0.6) is 0 Å². The monoisotopic (exact) mass is 89.1 g/mol. The molecule has 0 amide bonds. The summed E-state index contributed by atoms with van der Waals surface area (Å²) < 4.78 is 11.6. The average Bonchev–Trinajstić information content (AvgIpc) is 1.86. The Morgan fingerprint density at radius 1 is 1.83 bits per heavy atom. The van der Waals surface area contributed by atoms with E-state index in [1.807, 2.05) is 0 Å². The van der Waals surface area contributed by atoms with E-state index in [-0.39, 0.29) is 0 Å². The molecule has 1 heterocycles. The average molecular weight is 89.1 g/mol. The molecule has 0 saturated heterocycles. The largest absolute Gasteiger partial charge is 0.249 e. The lowest BCUT2D eigenvalue weighted by Crippen LogP contribution is -2.10. The van der Waals surface area contributed by atoms with Crippen LogP contribution in [-0.2, 0) is 0 Å². The van der Waals surface area contributed by atoms with Crippen LogP contribution in [0.4, 0.5) is 4.48 Å². The summed E-state index contributed by atoms with van der Waals surface area (Å²) in [5.41, 5.74) is 0. The Kier molecular flexibility index (Phi) is 0.837. The topological polar surface area (TPSA) is 15.0 Å². The van der Waals surface area contributed by atoms with Gasteiger partial charge in [-0.3, -0.25) is 0 Å². The van der Waals surface area contributed by atoms with E-state index in [9.17, 15) is 4.48 Å². The summed E-state index contributed by atoms with van der Waals surface area (Å²) >= 11 is 0. The van der Waals surface area contributed by atoms with Crippen LogP contribution in [0.15, 0.2) is 0 Å². The van der Waals surface area contributed by atoms with Gasteiger partial charge in [0.1, 0.15) is 0 Å². The van der Waals surface area contributed by atoms with Crippen molar-refractivity contribution in [3.05, 3.63) is 0 Å². The second-order valence-electron chi connectivity index (χ2n) is 1.19. The van der Waals surface area contributed by atoms with Gasteiger partial charge in [-0.1, -0.05) is 0 Å². The number of nitrogens with one attached hydrogen (secondary N) is 1. The van der Waals surface area contributed by atoms with Crippen molar-refractivity contribution >= 4 is 6.21 Å². The third-order valence-electron chi connectivity index (χ3n) is 0.697. The lowest BCUT2D eigenvalue weighted by Gasteiger charge is -1.72. The Labute approximate surface area is 35.2 Å². The van der Waals surface area contributed by atoms with Gasteiger partial charge in [-0.2, -0.15) is 0 Å². The molecule has 0 aromatic heterocycles. The van der Waals surface area contributed by atoms with Gasteiger partial charge in [0.05, 0.1) is 11.0 Å². The van der Waals surface area contributed by atoms with E-state index in [0.717, 1.165) is 0 Å². The van der Waals surface area contributed by atoms with Crippen LogP contribution >= 0.6 is 0 Å². The van der Waals surface area contributed by atoms with E-state index in [1.165, 1.54) is 6.21 Å². The molecule has 0 unspecified atom stereocenters. The van der Waals surface area contributed by atoms with Crippen molar-refractivity contribution in [2.75, 3.05) is 13.2 Å². The summed E-state index contributed by atoms with van der Waals surface area (Å²) in [6.45, 7) is 1.01. The third kappa shape index (κ3) is 0.542. The van der Waals surface area contributed by atoms with Gasteiger partial charge < -0.3 is 0 Å². The number of halogens is 1. The zero-order valence-corrected chi connectivity index (χ0v) is 3.32. The molecule has 0 spiro atoms. The van der Waals surface area contributed by atoms with Gasteiger partial charge in [-0.05, 0) is 4.80 Å². The van der Waals surface area contributed by atoms with Crippen LogP contribution in [0.3, 0.4) is 0 Å². The van der Waals surface area contributed by atoms with Crippen LogP contribution in [0.25, 0.3) is 0 Å². The van der Waals surface area contributed by atoms with E-state index in [2.05, 4.69) is 5.32 Å². The standard InChI is InChI=1S/C3H6FN2/c4-6-2-1-5-3-6/h2,5H,1,3H2/q+1. The molecule has 2 nitrogen and oxygen atoms in total. The quantitative estimate of drug-likeness (QED) is 0.396. The van der Waals surface area contributed by atoms with E-state index < -0.39 is 0 Å². The van der Waals surface area contributed by atoms with Crippen molar-refractivity contribution in [3.63, 3.8) is 0 Å². The van der Waals surface area contributed by atoms with Crippen molar-refractivity contribution in [2.45, 2.75) is 0 Å². The molecular weight excluding hydrogens is 83.0 g/mol. The van der Waals surface area contributed by atoms with Crippen LogP contribution in [0, 0.1) is 0 Å². The molecule has 0 bridgehead atoms. The van der Waals surface area contributed by atoms with Gasteiger partial charge in [0.2, 0.25) is 12.9 Å². The number of nitrogens with zero attached hydrogens (tertiary/aromatic N) is 1. The van der Waals surface area contributed by atoms with Gasteiger partial charge >= 0.3 is 0 Å². The molecule has 1 N–H and O–H groups in total. The molecule has 0 aromatic carbocycles. The van der Waals surface area contributed by atoms with Crippen molar-refractivity contribution in [3.8, 4) is 0 Å². The minimum atomic E-state index is 0.347. The second-order valence-corrected chi connectivity index (χ2v) is 1.19. The minimum absolute atomic E-state index is 0.347. The molecule has 0 aromatic rings. The molecule has 0 fully saturated rings. The molecule has 6 heavy (non-hydrogen) atoms. The molecular formula is C3H6FN2+. The first-order valence-corrected chi connectivity index (χ1v) is 1.86. The fraction of sp³-hybridized carbons (Fsp3) is 0.667. The highest BCUT2D eigenvalue weighted by atomic mass is 19.2. The Bertz CT molecular complexity index is 78.9. The van der Waals surface area contributed by atoms with Crippen LogP contribution in [-0.4, -0.2) is 24.2 Å². The minimum Gasteiger partial charge on any atom is -0.249 e. The van der Waals surface area contributed by atoms with Gasteiger partial charge in [0, 0.05) is 0 Å². The summed E-state index contributed by atoms with van der Waals surface area (Å²) in [7, 11) is 0. The number of hydrogen-bond donors (Lipinski definition) is 1. The maximum Gasteiger partial charge on any atom is 0.242 e. The van der Waals surface area contributed by atoms with Gasteiger partial charge in [0.15, 0.2) is 0 Å². The Hall–Kier alpha value is -0.440. The van der Waals surface area contributed by atoms with Crippen LogP contribution in [0.2, 0.25) is 0 Å². The molecule has 0 saturated carbocycles. The summed E-state index contributed by atoms with van der Waals surface area (Å²) in [4.78, 5) is 0.625. The van der Waals surface area contributed by atoms with Crippen molar-refractivity contribution in [1.29, 1.82) is 0 Å². The first-order valence-electron chi connectivity index (χ1n) is 1.86. The second kappa shape index (κ2) is 1.34. The number of rotatable bonds is 0. The number of hydrogen-bond acceptors (Lipinski definition) is 1. The van der Waals surface area contributed by atoms with Crippen molar-refractivity contribution < 1.29 is 9.28 Å². The fourth-order valence-corrected chi connectivity index (χ4v) is 0.400. The first kappa shape index (κ1) is 3.74. The van der Waals surface area contributed by atoms with Gasteiger partial charge in [0.25, 0.3) is 0 Å². The fourth-order valence-electron chi connectivity index (χ4n) is 0.400. The van der Waals surface area contributed by atoms with Crippen molar-refractivity contribution in [1.82, 2.24) is 5.32 Å². The summed E-state index contributed by atoms with van der Waals surface area (Å²) in [5, 5.41) is 2.77. The zero-order valence-electron chi connectivity index (χ0n) is 3.32. The summed E-state index contributed by atoms with van der Waals surface area (Å²) in [6.07, 6.45) is 1.46. The van der Waals surface area contributed by atoms with Gasteiger partial charge in [-0.25, -0.2) is 5.32 Å². The SMILES string of the molecule is F[N+]1=CCNC1. The molecule has 0 atom stereocenters. The lowest BCUT2D eigenvalue weighted by atomic mass is 10.8. The highest BCUT2D eigenvalue weighted by Crippen LogP contribution is 1.74. The molecule has 1 aliphatic rings. The van der Waals surface area contributed by atoms with E-state index in [4.69, 9.17) is 0 Å². The predicted octanol–water partition coefficient (Wildman–Crippen LogP) is -0.485. The smallest absolute Gasteiger partial charge is 0.242 e. The predicted molar refractivity (Wildman–Crippen MR) is 20.3 cm³/mol. The van der Waals surface area contributed by atoms with Gasteiger partial charge in [-0.15, -0.1) is 0 Å². The summed E-state index contributed by atoms with van der Waals surface area (Å²) in [5.74, 6) is 0. The molecule has 0 radical (unpaired) electrons.